The second-order valence-electron chi connectivity index (χ2n) is 6.06. The van der Waals surface area contributed by atoms with Crippen LogP contribution in [0.25, 0.3) is 0 Å². The molecule has 1 aliphatic rings. The molecule has 1 unspecified atom stereocenters. The molecule has 0 bridgehead atoms. The van der Waals surface area contributed by atoms with Gasteiger partial charge < -0.3 is 0 Å². The summed E-state index contributed by atoms with van der Waals surface area (Å²) in [5.74, 6) is -0.414. The zero-order chi connectivity index (χ0) is 17.9. The van der Waals surface area contributed by atoms with Crippen molar-refractivity contribution >= 4 is 21.6 Å². The fourth-order valence-corrected chi connectivity index (χ4v) is 4.52. The van der Waals surface area contributed by atoms with E-state index in [1.165, 1.54) is 18.2 Å². The van der Waals surface area contributed by atoms with Gasteiger partial charge in [-0.15, -0.1) is 0 Å². The van der Waals surface area contributed by atoms with Crippen LogP contribution in [0.3, 0.4) is 0 Å². The van der Waals surface area contributed by atoms with E-state index in [4.69, 9.17) is 11.6 Å². The highest BCUT2D eigenvalue weighted by molar-refractivity contribution is 7.89. The molecule has 0 amide bonds. The van der Waals surface area contributed by atoms with Gasteiger partial charge in [0.25, 0.3) is 0 Å². The Morgan fingerprint density at radius 3 is 2.40 bits per heavy atom. The summed E-state index contributed by atoms with van der Waals surface area (Å²) in [6.45, 7) is 1.66. The van der Waals surface area contributed by atoms with Crippen LogP contribution in [-0.2, 0) is 10.0 Å². The monoisotopic (exact) mass is 382 g/mol. The maximum Gasteiger partial charge on any atom is 0.240 e. The first-order valence-corrected chi connectivity index (χ1v) is 10.1. The molecule has 1 heterocycles. The van der Waals surface area contributed by atoms with Crippen molar-refractivity contribution in [3.63, 3.8) is 0 Å². The molecule has 4 nitrogen and oxygen atoms in total. The Bertz CT molecular complexity index is 804. The molecule has 0 aromatic heterocycles. The second-order valence-corrected chi connectivity index (χ2v) is 8.23. The Morgan fingerprint density at radius 2 is 1.76 bits per heavy atom. The number of benzene rings is 2. The first-order chi connectivity index (χ1) is 12.0. The standard InChI is InChI=1S/C18H20ClFN2O2S/c19-15-9-6-10-16(20)18(15)17(22-11-4-5-12-22)13-21-25(23,24)14-7-2-1-3-8-14/h1-3,6-10,17,21H,4-5,11-13H2. The van der Waals surface area contributed by atoms with Crippen LogP contribution in [0.15, 0.2) is 53.4 Å². The predicted molar refractivity (Wildman–Crippen MR) is 96.6 cm³/mol. The molecular formula is C18H20ClFN2O2S. The Labute approximate surface area is 152 Å². The smallest absolute Gasteiger partial charge is 0.240 e. The number of sulfonamides is 1. The largest absolute Gasteiger partial charge is 0.295 e. The van der Waals surface area contributed by atoms with Gasteiger partial charge in [0.2, 0.25) is 10.0 Å². The van der Waals surface area contributed by atoms with Gasteiger partial charge in [-0.2, -0.15) is 0 Å². The fraction of sp³-hybridized carbons (Fsp3) is 0.333. The summed E-state index contributed by atoms with van der Waals surface area (Å²) in [5.41, 5.74) is 0.349. The summed E-state index contributed by atoms with van der Waals surface area (Å²) in [7, 11) is -3.66. The van der Waals surface area contributed by atoms with E-state index < -0.39 is 21.9 Å². The number of rotatable bonds is 6. The first kappa shape index (κ1) is 18.3. The summed E-state index contributed by atoms with van der Waals surface area (Å²) in [6.07, 6.45) is 2.02. The van der Waals surface area contributed by atoms with E-state index in [1.54, 1.807) is 30.3 Å². The van der Waals surface area contributed by atoms with Crippen LogP contribution < -0.4 is 4.72 Å². The number of likely N-dealkylation sites (tertiary alicyclic amines) is 1. The first-order valence-electron chi connectivity index (χ1n) is 8.22. The summed E-state index contributed by atoms with van der Waals surface area (Å²) in [6, 6.07) is 12.3. The molecule has 1 saturated heterocycles. The Morgan fingerprint density at radius 1 is 1.08 bits per heavy atom. The fourth-order valence-electron chi connectivity index (χ4n) is 3.17. The predicted octanol–water partition coefficient (Wildman–Crippen LogP) is 3.59. The van der Waals surface area contributed by atoms with E-state index in [1.807, 2.05) is 0 Å². The third-order valence-corrected chi connectivity index (χ3v) is 6.20. The zero-order valence-corrected chi connectivity index (χ0v) is 15.2. The molecule has 0 spiro atoms. The molecule has 2 aromatic carbocycles. The summed E-state index contributed by atoms with van der Waals surface area (Å²) in [4.78, 5) is 2.27. The molecule has 7 heteroatoms. The van der Waals surface area contributed by atoms with E-state index in [-0.39, 0.29) is 11.4 Å². The normalized spacial score (nSPS) is 16.9. The number of hydrogen-bond donors (Lipinski definition) is 1. The zero-order valence-electron chi connectivity index (χ0n) is 13.7. The molecule has 1 N–H and O–H groups in total. The van der Waals surface area contributed by atoms with Crippen LogP contribution in [0, 0.1) is 5.82 Å². The van der Waals surface area contributed by atoms with Crippen molar-refractivity contribution in [1.29, 1.82) is 0 Å². The van der Waals surface area contributed by atoms with Gasteiger partial charge in [0.05, 0.1) is 10.9 Å². The summed E-state index contributed by atoms with van der Waals surface area (Å²) >= 11 is 6.23. The number of hydrogen-bond acceptors (Lipinski definition) is 3. The molecule has 1 aliphatic heterocycles. The number of halogens is 2. The van der Waals surface area contributed by atoms with Gasteiger partial charge in [-0.25, -0.2) is 17.5 Å². The third kappa shape index (κ3) is 4.20. The van der Waals surface area contributed by atoms with Gasteiger partial charge in [0.15, 0.2) is 0 Å². The minimum absolute atomic E-state index is 0.0673. The van der Waals surface area contributed by atoms with Crippen molar-refractivity contribution in [2.24, 2.45) is 0 Å². The number of nitrogens with zero attached hydrogens (tertiary/aromatic N) is 1. The maximum absolute atomic E-state index is 14.4. The molecule has 2 aromatic rings. The average Bonchev–Trinajstić information content (AvgIpc) is 3.12. The van der Waals surface area contributed by atoms with Crippen LogP contribution in [0.5, 0.6) is 0 Å². The van der Waals surface area contributed by atoms with E-state index in [9.17, 15) is 12.8 Å². The van der Waals surface area contributed by atoms with Gasteiger partial charge in [0.1, 0.15) is 5.82 Å². The van der Waals surface area contributed by atoms with Gasteiger partial charge in [0, 0.05) is 17.1 Å². The lowest BCUT2D eigenvalue weighted by molar-refractivity contribution is 0.241. The van der Waals surface area contributed by atoms with Crippen LogP contribution in [0.2, 0.25) is 5.02 Å². The van der Waals surface area contributed by atoms with Crippen LogP contribution in [0.1, 0.15) is 24.4 Å². The van der Waals surface area contributed by atoms with Gasteiger partial charge in [-0.3, -0.25) is 4.90 Å². The molecule has 0 aliphatic carbocycles. The quantitative estimate of drug-likeness (QED) is 0.830. The topological polar surface area (TPSA) is 49.4 Å². The maximum atomic E-state index is 14.4. The summed E-state index contributed by atoms with van der Waals surface area (Å²) in [5, 5.41) is 0.316. The minimum atomic E-state index is -3.66. The second kappa shape index (κ2) is 7.83. The van der Waals surface area contributed by atoms with Crippen molar-refractivity contribution in [3.05, 3.63) is 64.9 Å². The van der Waals surface area contributed by atoms with Gasteiger partial charge >= 0.3 is 0 Å². The number of nitrogens with one attached hydrogen (secondary N) is 1. The molecule has 1 atom stereocenters. The van der Waals surface area contributed by atoms with Crippen molar-refractivity contribution < 1.29 is 12.8 Å². The van der Waals surface area contributed by atoms with Crippen LogP contribution in [-0.4, -0.2) is 33.0 Å². The van der Waals surface area contributed by atoms with Gasteiger partial charge in [-0.1, -0.05) is 35.9 Å². The lowest BCUT2D eigenvalue weighted by Crippen LogP contribution is -2.37. The van der Waals surface area contributed by atoms with Gasteiger partial charge in [-0.05, 0) is 50.2 Å². The van der Waals surface area contributed by atoms with E-state index in [0.29, 0.717) is 10.6 Å². The van der Waals surface area contributed by atoms with E-state index in [0.717, 1.165) is 25.9 Å². The van der Waals surface area contributed by atoms with Crippen molar-refractivity contribution in [1.82, 2.24) is 9.62 Å². The Balaban J connectivity index is 1.86. The third-order valence-electron chi connectivity index (χ3n) is 4.43. The molecular weight excluding hydrogens is 363 g/mol. The molecule has 25 heavy (non-hydrogen) atoms. The molecule has 0 saturated carbocycles. The molecule has 1 fully saturated rings. The highest BCUT2D eigenvalue weighted by atomic mass is 35.5. The SMILES string of the molecule is O=S(=O)(NCC(c1c(F)cccc1Cl)N1CCCC1)c1ccccc1. The van der Waals surface area contributed by atoms with Crippen LogP contribution >= 0.6 is 11.6 Å². The Hall–Kier alpha value is -1.47. The minimum Gasteiger partial charge on any atom is -0.295 e. The highest BCUT2D eigenvalue weighted by Crippen LogP contribution is 2.32. The van der Waals surface area contributed by atoms with Crippen molar-refractivity contribution in [2.75, 3.05) is 19.6 Å². The van der Waals surface area contributed by atoms with Crippen LogP contribution in [0.4, 0.5) is 4.39 Å². The molecule has 3 rings (SSSR count). The highest BCUT2D eigenvalue weighted by Gasteiger charge is 2.29. The van der Waals surface area contributed by atoms with Crippen molar-refractivity contribution in [3.8, 4) is 0 Å². The lowest BCUT2D eigenvalue weighted by Gasteiger charge is -2.29. The van der Waals surface area contributed by atoms with E-state index in [2.05, 4.69) is 9.62 Å². The molecule has 134 valence electrons. The summed E-state index contributed by atoms with van der Waals surface area (Å²) < 4.78 is 42.0. The molecule has 0 radical (unpaired) electrons. The lowest BCUT2D eigenvalue weighted by atomic mass is 10.0. The van der Waals surface area contributed by atoms with Crippen molar-refractivity contribution in [2.45, 2.75) is 23.8 Å². The Kier molecular flexibility index (Phi) is 5.74. The average molecular weight is 383 g/mol. The van der Waals surface area contributed by atoms with E-state index >= 15 is 0 Å².